The monoisotopic (exact) mass is 365 g/mol. The smallest absolute Gasteiger partial charge is 0.336 e. The minimum Gasteiger partial charge on any atom is -0.419 e. The second-order valence-electron chi connectivity index (χ2n) is 4.45. The molecule has 9 heteroatoms. The van der Waals surface area contributed by atoms with Crippen LogP contribution >= 0.6 is 11.6 Å². The summed E-state index contributed by atoms with van der Waals surface area (Å²) in [6.45, 7) is 0. The number of carbonyl (C=O) groups excluding carboxylic acids is 2. The van der Waals surface area contributed by atoms with E-state index in [-0.39, 0.29) is 10.8 Å². The summed E-state index contributed by atoms with van der Waals surface area (Å²) in [5.41, 5.74) is -0.412. The van der Waals surface area contributed by atoms with Crippen LogP contribution in [0, 0.1) is 15.9 Å². The number of nitrogens with zero attached hydrogens (tertiary/aromatic N) is 1. The Morgan fingerprint density at radius 1 is 1.04 bits per heavy atom. The maximum absolute atomic E-state index is 13.5. The van der Waals surface area contributed by atoms with Gasteiger partial charge >= 0.3 is 17.6 Å². The Labute approximate surface area is 145 Å². The molecule has 0 spiro atoms. The van der Waals surface area contributed by atoms with E-state index in [1.807, 2.05) is 0 Å². The van der Waals surface area contributed by atoms with Crippen LogP contribution in [0.4, 0.5) is 10.1 Å². The Hall–Kier alpha value is -3.26. The Kier molecular flexibility index (Phi) is 5.80. The highest BCUT2D eigenvalue weighted by Crippen LogP contribution is 2.27. The zero-order chi connectivity index (χ0) is 18.4. The molecule has 0 aromatic heterocycles. The largest absolute Gasteiger partial charge is 0.419 e. The number of ether oxygens (including phenoxy) is 2. The second-order valence-corrected chi connectivity index (χ2v) is 4.86. The van der Waals surface area contributed by atoms with Crippen LogP contribution in [0.1, 0.15) is 0 Å². The number of carbonyl (C=O) groups is 2. The van der Waals surface area contributed by atoms with Crippen molar-refractivity contribution in [2.75, 3.05) is 0 Å². The molecule has 2 rings (SSSR count). The summed E-state index contributed by atoms with van der Waals surface area (Å²) in [5.74, 6) is -3.74. The van der Waals surface area contributed by atoms with Gasteiger partial charge < -0.3 is 9.47 Å². The van der Waals surface area contributed by atoms with Gasteiger partial charge in [-0.25, -0.2) is 14.0 Å². The molecule has 0 fully saturated rings. The maximum atomic E-state index is 13.5. The Morgan fingerprint density at radius 3 is 2.32 bits per heavy atom. The summed E-state index contributed by atoms with van der Waals surface area (Å²) in [6, 6.07) is 8.91. The molecule has 7 nitrogen and oxygen atoms in total. The first kappa shape index (κ1) is 18.1. The Balaban J connectivity index is 2.03. The molecule has 0 saturated carbocycles. The molecule has 0 saturated heterocycles. The van der Waals surface area contributed by atoms with E-state index in [9.17, 15) is 24.1 Å². The van der Waals surface area contributed by atoms with Gasteiger partial charge in [0.2, 0.25) is 5.75 Å². The first-order valence-electron chi connectivity index (χ1n) is 6.67. The predicted octanol–water partition coefficient (Wildman–Crippen LogP) is 3.45. The zero-order valence-corrected chi connectivity index (χ0v) is 13.1. The summed E-state index contributed by atoms with van der Waals surface area (Å²) in [6.07, 6.45) is 1.37. The minimum absolute atomic E-state index is 0.121. The minimum atomic E-state index is -1.08. The molecular weight excluding hydrogens is 357 g/mol. The summed E-state index contributed by atoms with van der Waals surface area (Å²) < 4.78 is 22.9. The van der Waals surface area contributed by atoms with Crippen LogP contribution in [0.15, 0.2) is 54.6 Å². The molecule has 2 aromatic rings. The van der Waals surface area contributed by atoms with E-state index in [4.69, 9.17) is 16.3 Å². The van der Waals surface area contributed by atoms with Crippen molar-refractivity contribution in [2.45, 2.75) is 0 Å². The number of hydrogen-bond donors (Lipinski definition) is 0. The number of benzene rings is 2. The number of para-hydroxylation sites is 3. The number of nitro groups is 1. The number of halogens is 2. The fraction of sp³-hybridized carbons (Fsp3) is 0. The fourth-order valence-electron chi connectivity index (χ4n) is 1.69. The van der Waals surface area contributed by atoms with E-state index in [1.54, 1.807) is 0 Å². The Morgan fingerprint density at radius 2 is 1.68 bits per heavy atom. The van der Waals surface area contributed by atoms with E-state index < -0.39 is 34.1 Å². The van der Waals surface area contributed by atoms with Gasteiger partial charge in [0.15, 0.2) is 11.6 Å². The van der Waals surface area contributed by atoms with E-state index in [0.29, 0.717) is 12.2 Å². The number of nitro benzene ring substituents is 1. The van der Waals surface area contributed by atoms with E-state index in [1.165, 1.54) is 30.3 Å². The third-order valence-electron chi connectivity index (χ3n) is 2.75. The third-order valence-corrected chi connectivity index (χ3v) is 3.05. The Bertz CT molecular complexity index is 847. The molecule has 0 atom stereocenters. The van der Waals surface area contributed by atoms with Crippen LogP contribution in [0.25, 0.3) is 0 Å². The van der Waals surface area contributed by atoms with Crippen LogP contribution in [0.3, 0.4) is 0 Å². The molecule has 0 N–H and O–H groups in total. The summed E-state index contributed by atoms with van der Waals surface area (Å²) in [5, 5.41) is 10.7. The highest BCUT2D eigenvalue weighted by Gasteiger charge is 2.16. The topological polar surface area (TPSA) is 95.7 Å². The summed E-state index contributed by atoms with van der Waals surface area (Å²) in [4.78, 5) is 33.3. The lowest BCUT2D eigenvalue weighted by Gasteiger charge is -2.04. The molecule has 0 unspecified atom stereocenters. The van der Waals surface area contributed by atoms with Crippen molar-refractivity contribution in [2.24, 2.45) is 0 Å². The molecule has 0 aliphatic rings. The van der Waals surface area contributed by atoms with Crippen molar-refractivity contribution in [1.82, 2.24) is 0 Å². The highest BCUT2D eigenvalue weighted by atomic mass is 35.5. The van der Waals surface area contributed by atoms with Gasteiger partial charge in [-0.2, -0.15) is 0 Å². The SMILES string of the molecule is O=C(/C=C/C(=O)Oc1c(F)cccc1Cl)Oc1ccccc1[N+](=O)[O-]. The number of hydrogen-bond acceptors (Lipinski definition) is 6. The van der Waals surface area contributed by atoms with Crippen molar-refractivity contribution in [1.29, 1.82) is 0 Å². The van der Waals surface area contributed by atoms with Gasteiger partial charge in [0.05, 0.1) is 9.95 Å². The zero-order valence-electron chi connectivity index (χ0n) is 12.3. The molecule has 0 bridgehead atoms. The molecule has 0 amide bonds. The number of esters is 2. The van der Waals surface area contributed by atoms with Crippen molar-refractivity contribution in [3.8, 4) is 11.5 Å². The van der Waals surface area contributed by atoms with Gasteiger partial charge in [-0.05, 0) is 18.2 Å². The van der Waals surface area contributed by atoms with Crippen LogP contribution in [0.2, 0.25) is 5.02 Å². The normalized spacial score (nSPS) is 10.5. The lowest BCUT2D eigenvalue weighted by Crippen LogP contribution is -2.10. The summed E-state index contributed by atoms with van der Waals surface area (Å²) >= 11 is 5.69. The van der Waals surface area contributed by atoms with Gasteiger partial charge in [-0.1, -0.05) is 29.8 Å². The third kappa shape index (κ3) is 4.85. The molecule has 128 valence electrons. The fourth-order valence-corrected chi connectivity index (χ4v) is 1.89. The molecular formula is C16H9ClFNO6. The first-order chi connectivity index (χ1) is 11.9. The van der Waals surface area contributed by atoms with Crippen LogP contribution < -0.4 is 9.47 Å². The number of rotatable bonds is 5. The van der Waals surface area contributed by atoms with Crippen LogP contribution in [-0.2, 0) is 9.59 Å². The molecule has 25 heavy (non-hydrogen) atoms. The van der Waals surface area contributed by atoms with Gasteiger partial charge in [0.25, 0.3) is 0 Å². The summed E-state index contributed by atoms with van der Waals surface area (Å²) in [7, 11) is 0. The van der Waals surface area contributed by atoms with Crippen LogP contribution in [0.5, 0.6) is 11.5 Å². The van der Waals surface area contributed by atoms with E-state index >= 15 is 0 Å². The maximum Gasteiger partial charge on any atom is 0.336 e. The molecule has 0 aliphatic carbocycles. The van der Waals surface area contributed by atoms with Gasteiger partial charge in [0, 0.05) is 18.2 Å². The second kappa shape index (κ2) is 8.02. The quantitative estimate of drug-likeness (QED) is 0.265. The molecule has 2 aromatic carbocycles. The lowest BCUT2D eigenvalue weighted by molar-refractivity contribution is -0.385. The average molecular weight is 366 g/mol. The van der Waals surface area contributed by atoms with Crippen molar-refractivity contribution < 1.29 is 28.4 Å². The average Bonchev–Trinajstić information content (AvgIpc) is 2.57. The van der Waals surface area contributed by atoms with Crippen LogP contribution in [-0.4, -0.2) is 16.9 Å². The van der Waals surface area contributed by atoms with Gasteiger partial charge in [-0.3, -0.25) is 10.1 Å². The van der Waals surface area contributed by atoms with Crippen molar-refractivity contribution >= 4 is 29.2 Å². The molecule has 0 radical (unpaired) electrons. The van der Waals surface area contributed by atoms with E-state index in [2.05, 4.69) is 4.74 Å². The lowest BCUT2D eigenvalue weighted by atomic mass is 10.3. The standard InChI is InChI=1S/C16H9ClFNO6/c17-10-4-3-5-11(18)16(10)25-15(21)9-8-14(20)24-13-7-2-1-6-12(13)19(22)23/h1-9H/b9-8+. The molecule has 0 heterocycles. The highest BCUT2D eigenvalue weighted by molar-refractivity contribution is 6.32. The van der Waals surface area contributed by atoms with E-state index in [0.717, 1.165) is 12.1 Å². The van der Waals surface area contributed by atoms with Gasteiger partial charge in [0.1, 0.15) is 0 Å². The predicted molar refractivity (Wildman–Crippen MR) is 84.9 cm³/mol. The van der Waals surface area contributed by atoms with Gasteiger partial charge in [-0.15, -0.1) is 0 Å². The van der Waals surface area contributed by atoms with Crippen molar-refractivity contribution in [3.63, 3.8) is 0 Å². The molecule has 0 aliphatic heterocycles. The first-order valence-corrected chi connectivity index (χ1v) is 7.05. The van der Waals surface area contributed by atoms with Crippen molar-refractivity contribution in [3.05, 3.63) is 75.6 Å².